The van der Waals surface area contributed by atoms with Gasteiger partial charge in [-0.3, -0.25) is 24.1 Å². The summed E-state index contributed by atoms with van der Waals surface area (Å²) >= 11 is 0. The van der Waals surface area contributed by atoms with Gasteiger partial charge in [-0.1, -0.05) is 6.07 Å². The van der Waals surface area contributed by atoms with E-state index in [0.717, 1.165) is 4.90 Å². The van der Waals surface area contributed by atoms with E-state index < -0.39 is 5.54 Å². The minimum absolute atomic E-state index is 0.191. The van der Waals surface area contributed by atoms with Crippen LogP contribution in [-0.4, -0.2) is 47.2 Å². The Morgan fingerprint density at radius 3 is 2.46 bits per heavy atom. The van der Waals surface area contributed by atoms with E-state index in [4.69, 9.17) is 0 Å². The SMILES string of the molecule is CC1(C)C(=O)NCCN1C(=O)c1cccc(N2C(=O)CCC2=O)c1. The molecular weight excluding hydrogens is 310 g/mol. The lowest BCUT2D eigenvalue weighted by Gasteiger charge is -2.41. The Morgan fingerprint density at radius 1 is 1.12 bits per heavy atom. The number of nitrogens with one attached hydrogen (secondary N) is 1. The van der Waals surface area contributed by atoms with E-state index in [1.54, 1.807) is 32.0 Å². The number of amides is 4. The number of piperazine rings is 1. The minimum atomic E-state index is -0.954. The summed E-state index contributed by atoms with van der Waals surface area (Å²) in [7, 11) is 0. The van der Waals surface area contributed by atoms with E-state index >= 15 is 0 Å². The molecule has 4 amide bonds. The maximum absolute atomic E-state index is 12.8. The van der Waals surface area contributed by atoms with Crippen molar-refractivity contribution in [2.75, 3.05) is 18.0 Å². The van der Waals surface area contributed by atoms with Crippen molar-refractivity contribution in [1.29, 1.82) is 0 Å². The van der Waals surface area contributed by atoms with E-state index in [0.29, 0.717) is 24.3 Å². The maximum atomic E-state index is 12.8. The van der Waals surface area contributed by atoms with Gasteiger partial charge in [-0.15, -0.1) is 0 Å². The summed E-state index contributed by atoms with van der Waals surface area (Å²) in [6.07, 6.45) is 0.382. The van der Waals surface area contributed by atoms with Gasteiger partial charge in [-0.2, -0.15) is 0 Å². The molecule has 2 aliphatic rings. The van der Waals surface area contributed by atoms with Gasteiger partial charge in [-0.25, -0.2) is 0 Å². The zero-order valence-corrected chi connectivity index (χ0v) is 13.7. The summed E-state index contributed by atoms with van der Waals surface area (Å²) in [6, 6.07) is 6.43. The summed E-state index contributed by atoms with van der Waals surface area (Å²) in [5, 5.41) is 2.75. The normalized spacial score (nSPS) is 20.3. The first-order valence-corrected chi connectivity index (χ1v) is 7.88. The van der Waals surface area contributed by atoms with Gasteiger partial charge in [-0.05, 0) is 32.0 Å². The summed E-state index contributed by atoms with van der Waals surface area (Å²) in [6.45, 7) is 4.19. The van der Waals surface area contributed by atoms with Crippen molar-refractivity contribution in [2.24, 2.45) is 0 Å². The molecular formula is C17H19N3O4. The third-order valence-electron chi connectivity index (χ3n) is 4.50. The van der Waals surface area contributed by atoms with Gasteiger partial charge in [0.05, 0.1) is 5.69 Å². The van der Waals surface area contributed by atoms with E-state index in [2.05, 4.69) is 5.32 Å². The molecule has 0 spiro atoms. The minimum Gasteiger partial charge on any atom is -0.352 e. The average Bonchev–Trinajstić information content (AvgIpc) is 2.88. The standard InChI is InChI=1S/C17H19N3O4/c1-17(2)16(24)18-8-9-19(17)15(23)11-4-3-5-12(10-11)20-13(21)6-7-14(20)22/h3-5,10H,6-9H2,1-2H3,(H,18,24). The quantitative estimate of drug-likeness (QED) is 0.809. The van der Waals surface area contributed by atoms with Crippen molar-refractivity contribution in [3.05, 3.63) is 29.8 Å². The van der Waals surface area contributed by atoms with Crippen LogP contribution in [0.25, 0.3) is 0 Å². The highest BCUT2D eigenvalue weighted by atomic mass is 16.2. The maximum Gasteiger partial charge on any atom is 0.254 e. The highest BCUT2D eigenvalue weighted by molar-refractivity contribution is 6.20. The van der Waals surface area contributed by atoms with Gasteiger partial charge in [0.25, 0.3) is 5.91 Å². The predicted octanol–water partition coefficient (Wildman–Crippen LogP) is 0.691. The number of nitrogens with zero attached hydrogens (tertiary/aromatic N) is 2. The largest absolute Gasteiger partial charge is 0.352 e. The first-order chi connectivity index (χ1) is 11.3. The Morgan fingerprint density at radius 2 is 1.79 bits per heavy atom. The van der Waals surface area contributed by atoms with E-state index in [9.17, 15) is 19.2 Å². The molecule has 0 aliphatic carbocycles. The third kappa shape index (κ3) is 2.55. The molecule has 2 aliphatic heterocycles. The Bertz CT molecular complexity index is 725. The molecule has 2 saturated heterocycles. The molecule has 0 unspecified atom stereocenters. The van der Waals surface area contributed by atoms with Crippen molar-refractivity contribution < 1.29 is 19.2 Å². The number of carbonyl (C=O) groups excluding carboxylic acids is 4. The lowest BCUT2D eigenvalue weighted by Crippen LogP contribution is -2.63. The number of rotatable bonds is 2. The Hall–Kier alpha value is -2.70. The number of carbonyl (C=O) groups is 4. The van der Waals surface area contributed by atoms with E-state index in [1.165, 1.54) is 11.0 Å². The second-order valence-electron chi connectivity index (χ2n) is 6.44. The monoisotopic (exact) mass is 329 g/mol. The fraction of sp³-hybridized carbons (Fsp3) is 0.412. The molecule has 126 valence electrons. The van der Waals surface area contributed by atoms with Gasteiger partial charge in [0.1, 0.15) is 5.54 Å². The number of anilines is 1. The fourth-order valence-electron chi connectivity index (χ4n) is 3.05. The summed E-state index contributed by atoms with van der Waals surface area (Å²) in [5.41, 5.74) is -0.208. The molecule has 7 heteroatoms. The summed E-state index contributed by atoms with van der Waals surface area (Å²) in [4.78, 5) is 51.2. The number of hydrogen-bond acceptors (Lipinski definition) is 4. The van der Waals surface area contributed by atoms with Crippen LogP contribution in [0.3, 0.4) is 0 Å². The number of benzene rings is 1. The molecule has 2 heterocycles. The van der Waals surface area contributed by atoms with Crippen LogP contribution in [0.1, 0.15) is 37.0 Å². The summed E-state index contributed by atoms with van der Waals surface area (Å²) in [5.74, 6) is -1.02. The zero-order valence-electron chi connectivity index (χ0n) is 13.7. The first kappa shape index (κ1) is 16.2. The lowest BCUT2D eigenvalue weighted by molar-refractivity contribution is -0.133. The van der Waals surface area contributed by atoms with Crippen LogP contribution < -0.4 is 10.2 Å². The molecule has 2 fully saturated rings. The first-order valence-electron chi connectivity index (χ1n) is 7.88. The topological polar surface area (TPSA) is 86.8 Å². The molecule has 24 heavy (non-hydrogen) atoms. The van der Waals surface area contributed by atoms with E-state index in [-0.39, 0.29) is 36.5 Å². The highest BCUT2D eigenvalue weighted by Crippen LogP contribution is 2.26. The van der Waals surface area contributed by atoms with Crippen molar-refractivity contribution in [3.8, 4) is 0 Å². The third-order valence-corrected chi connectivity index (χ3v) is 4.50. The van der Waals surface area contributed by atoms with Crippen LogP contribution in [0, 0.1) is 0 Å². The lowest BCUT2D eigenvalue weighted by atomic mass is 9.97. The predicted molar refractivity (Wildman–Crippen MR) is 86.3 cm³/mol. The van der Waals surface area contributed by atoms with Crippen LogP contribution >= 0.6 is 0 Å². The smallest absolute Gasteiger partial charge is 0.254 e. The summed E-state index contributed by atoms with van der Waals surface area (Å²) < 4.78 is 0. The average molecular weight is 329 g/mol. The second kappa shape index (κ2) is 5.74. The molecule has 3 rings (SSSR count). The van der Waals surface area contributed by atoms with Gasteiger partial charge in [0.15, 0.2) is 0 Å². The van der Waals surface area contributed by atoms with Crippen molar-refractivity contribution >= 4 is 29.3 Å². The number of hydrogen-bond donors (Lipinski definition) is 1. The van der Waals surface area contributed by atoms with Crippen LogP contribution in [0.15, 0.2) is 24.3 Å². The Balaban J connectivity index is 1.91. The fourth-order valence-corrected chi connectivity index (χ4v) is 3.05. The molecule has 1 N–H and O–H groups in total. The molecule has 0 aromatic heterocycles. The molecule has 0 saturated carbocycles. The van der Waals surface area contributed by atoms with Crippen LogP contribution in [0.4, 0.5) is 5.69 Å². The van der Waals surface area contributed by atoms with Crippen LogP contribution in [0.5, 0.6) is 0 Å². The van der Waals surface area contributed by atoms with Gasteiger partial charge in [0.2, 0.25) is 17.7 Å². The Labute approximate surface area is 139 Å². The Kier molecular flexibility index (Phi) is 3.87. The second-order valence-corrected chi connectivity index (χ2v) is 6.44. The zero-order chi connectivity index (χ0) is 17.5. The molecule has 7 nitrogen and oxygen atoms in total. The molecule has 1 aromatic carbocycles. The molecule has 0 atom stereocenters. The van der Waals surface area contributed by atoms with Gasteiger partial charge < -0.3 is 10.2 Å². The number of imide groups is 1. The molecule has 0 radical (unpaired) electrons. The van der Waals surface area contributed by atoms with Crippen LogP contribution in [0.2, 0.25) is 0 Å². The van der Waals surface area contributed by atoms with Crippen molar-refractivity contribution in [3.63, 3.8) is 0 Å². The van der Waals surface area contributed by atoms with Crippen molar-refractivity contribution in [1.82, 2.24) is 10.2 Å². The molecule has 0 bridgehead atoms. The highest BCUT2D eigenvalue weighted by Gasteiger charge is 2.41. The molecule has 1 aromatic rings. The van der Waals surface area contributed by atoms with Crippen molar-refractivity contribution in [2.45, 2.75) is 32.2 Å². The van der Waals surface area contributed by atoms with Gasteiger partial charge >= 0.3 is 0 Å². The van der Waals surface area contributed by atoms with E-state index in [1.807, 2.05) is 0 Å². The van der Waals surface area contributed by atoms with Crippen LogP contribution in [-0.2, 0) is 14.4 Å². The van der Waals surface area contributed by atoms with Gasteiger partial charge in [0, 0.05) is 31.5 Å².